The highest BCUT2D eigenvalue weighted by Gasteiger charge is 2.13. The lowest BCUT2D eigenvalue weighted by Crippen LogP contribution is -2.41. The van der Waals surface area contributed by atoms with E-state index in [2.05, 4.69) is 5.32 Å². The number of primary amides is 1. The van der Waals surface area contributed by atoms with E-state index in [1.807, 2.05) is 12.1 Å². The Labute approximate surface area is 140 Å². The van der Waals surface area contributed by atoms with Crippen molar-refractivity contribution in [1.82, 2.24) is 5.32 Å². The van der Waals surface area contributed by atoms with Crippen molar-refractivity contribution in [2.75, 3.05) is 6.61 Å². The van der Waals surface area contributed by atoms with Crippen LogP contribution in [0.1, 0.15) is 17.5 Å². The van der Waals surface area contributed by atoms with Gasteiger partial charge in [-0.3, -0.25) is 4.79 Å². The van der Waals surface area contributed by atoms with E-state index in [9.17, 15) is 9.18 Å². The number of rotatable bonds is 9. The molecule has 2 aromatic rings. The van der Waals surface area contributed by atoms with E-state index in [1.165, 1.54) is 6.07 Å². The SMILES string of the molecule is NC(=O)C(CCO)NCc1ccc(OCc2ccccc2F)cc1. The molecule has 5 nitrogen and oxygen atoms in total. The third kappa shape index (κ3) is 5.33. The van der Waals surface area contributed by atoms with Crippen LogP contribution in [0.25, 0.3) is 0 Å². The summed E-state index contributed by atoms with van der Waals surface area (Å²) in [6.45, 7) is 0.495. The molecule has 0 heterocycles. The molecule has 1 amide bonds. The average Bonchev–Trinajstić information content (AvgIpc) is 2.58. The molecule has 4 N–H and O–H groups in total. The zero-order chi connectivity index (χ0) is 17.4. The minimum Gasteiger partial charge on any atom is -0.489 e. The zero-order valence-corrected chi connectivity index (χ0v) is 13.2. The third-order valence-corrected chi connectivity index (χ3v) is 3.59. The van der Waals surface area contributed by atoms with Gasteiger partial charge in [-0.1, -0.05) is 30.3 Å². The fraction of sp³-hybridized carbons (Fsp3) is 0.278. The molecule has 0 bridgehead atoms. The first-order valence-corrected chi connectivity index (χ1v) is 7.69. The summed E-state index contributed by atoms with van der Waals surface area (Å²) < 4.78 is 19.1. The molecule has 0 spiro atoms. The van der Waals surface area contributed by atoms with Gasteiger partial charge in [0.15, 0.2) is 0 Å². The van der Waals surface area contributed by atoms with E-state index in [4.69, 9.17) is 15.6 Å². The Hall–Kier alpha value is -2.44. The molecule has 0 aliphatic rings. The molecule has 0 aliphatic carbocycles. The second kappa shape index (κ2) is 9.00. The maximum atomic E-state index is 13.5. The van der Waals surface area contributed by atoms with Crippen molar-refractivity contribution in [3.63, 3.8) is 0 Å². The summed E-state index contributed by atoms with van der Waals surface area (Å²) >= 11 is 0. The summed E-state index contributed by atoms with van der Waals surface area (Å²) in [4.78, 5) is 11.2. The molecule has 2 rings (SSSR count). The van der Waals surface area contributed by atoms with Crippen LogP contribution in [-0.2, 0) is 17.9 Å². The van der Waals surface area contributed by atoms with Gasteiger partial charge in [-0.2, -0.15) is 0 Å². The van der Waals surface area contributed by atoms with Crippen LogP contribution in [0.15, 0.2) is 48.5 Å². The normalized spacial score (nSPS) is 11.9. The first kappa shape index (κ1) is 17.9. The smallest absolute Gasteiger partial charge is 0.234 e. The minimum atomic E-state index is -0.563. The monoisotopic (exact) mass is 332 g/mol. The topological polar surface area (TPSA) is 84.6 Å². The van der Waals surface area contributed by atoms with E-state index in [0.717, 1.165) is 5.56 Å². The van der Waals surface area contributed by atoms with Crippen LogP contribution in [0, 0.1) is 5.82 Å². The summed E-state index contributed by atoms with van der Waals surface area (Å²) in [5, 5.41) is 11.9. The minimum absolute atomic E-state index is 0.108. The molecular weight excluding hydrogens is 311 g/mol. The van der Waals surface area contributed by atoms with Gasteiger partial charge in [0.2, 0.25) is 5.91 Å². The highest BCUT2D eigenvalue weighted by atomic mass is 19.1. The molecule has 0 aromatic heterocycles. The van der Waals surface area contributed by atoms with Gasteiger partial charge in [-0.25, -0.2) is 4.39 Å². The number of aliphatic hydroxyl groups excluding tert-OH is 1. The van der Waals surface area contributed by atoms with Crippen LogP contribution in [0.5, 0.6) is 5.75 Å². The number of nitrogens with two attached hydrogens (primary N) is 1. The highest BCUT2D eigenvalue weighted by Crippen LogP contribution is 2.15. The van der Waals surface area contributed by atoms with Crippen LogP contribution in [0.4, 0.5) is 4.39 Å². The highest BCUT2D eigenvalue weighted by molar-refractivity contribution is 5.79. The summed E-state index contributed by atoms with van der Waals surface area (Å²) in [6, 6.07) is 13.2. The molecule has 0 aliphatic heterocycles. The van der Waals surface area contributed by atoms with Gasteiger partial charge >= 0.3 is 0 Å². The molecule has 0 fully saturated rings. The van der Waals surface area contributed by atoms with Crippen LogP contribution in [-0.4, -0.2) is 23.7 Å². The average molecular weight is 332 g/mol. The van der Waals surface area contributed by atoms with Crippen LogP contribution in [0.2, 0.25) is 0 Å². The van der Waals surface area contributed by atoms with Gasteiger partial charge in [0.05, 0.1) is 6.04 Å². The first-order chi connectivity index (χ1) is 11.6. The number of ether oxygens (including phenoxy) is 1. The second-order valence-corrected chi connectivity index (χ2v) is 5.37. The van der Waals surface area contributed by atoms with Gasteiger partial charge in [-0.15, -0.1) is 0 Å². The van der Waals surface area contributed by atoms with Gasteiger partial charge in [0, 0.05) is 18.7 Å². The Morgan fingerprint density at radius 2 is 1.92 bits per heavy atom. The van der Waals surface area contributed by atoms with Gasteiger partial charge < -0.3 is 20.9 Å². The predicted molar refractivity (Wildman–Crippen MR) is 88.7 cm³/mol. The molecule has 2 aromatic carbocycles. The molecule has 1 unspecified atom stereocenters. The standard InChI is InChI=1S/C18H21FN2O3/c19-16-4-2-1-3-14(16)12-24-15-7-5-13(6-8-15)11-21-17(9-10-22)18(20)23/h1-8,17,21-22H,9-12H2,(H2,20,23). The lowest BCUT2D eigenvalue weighted by Gasteiger charge is -2.14. The first-order valence-electron chi connectivity index (χ1n) is 7.69. The Balaban J connectivity index is 1.86. The lowest BCUT2D eigenvalue weighted by molar-refractivity contribution is -0.120. The molecule has 6 heteroatoms. The van der Waals surface area contributed by atoms with Gasteiger partial charge in [0.1, 0.15) is 18.2 Å². The Bertz CT molecular complexity index is 662. The largest absolute Gasteiger partial charge is 0.489 e. The number of halogens is 1. The third-order valence-electron chi connectivity index (χ3n) is 3.59. The number of aliphatic hydroxyl groups is 1. The number of carbonyl (C=O) groups excluding carboxylic acids is 1. The summed E-state index contributed by atoms with van der Waals surface area (Å²) in [7, 11) is 0. The number of carbonyl (C=O) groups is 1. The van der Waals surface area contributed by atoms with Crippen molar-refractivity contribution in [3.8, 4) is 5.75 Å². The number of benzene rings is 2. The Morgan fingerprint density at radius 3 is 2.54 bits per heavy atom. The summed E-state index contributed by atoms with van der Waals surface area (Å²) in [5.74, 6) is -0.155. The number of hydrogen-bond acceptors (Lipinski definition) is 4. The van der Waals surface area contributed by atoms with Crippen molar-refractivity contribution >= 4 is 5.91 Å². The van der Waals surface area contributed by atoms with Crippen LogP contribution >= 0.6 is 0 Å². The van der Waals surface area contributed by atoms with Crippen molar-refractivity contribution in [2.45, 2.75) is 25.6 Å². The fourth-order valence-corrected chi connectivity index (χ4v) is 2.20. The van der Waals surface area contributed by atoms with E-state index in [-0.39, 0.29) is 25.5 Å². The quantitative estimate of drug-likeness (QED) is 0.653. The lowest BCUT2D eigenvalue weighted by atomic mass is 10.1. The number of amides is 1. The molecule has 0 saturated heterocycles. The molecular formula is C18H21FN2O3. The molecule has 24 heavy (non-hydrogen) atoms. The molecule has 0 radical (unpaired) electrons. The Kier molecular flexibility index (Phi) is 6.72. The van der Waals surface area contributed by atoms with Crippen molar-refractivity contribution in [3.05, 3.63) is 65.5 Å². The summed E-state index contributed by atoms with van der Waals surface area (Å²) in [6.07, 6.45) is 0.277. The fourth-order valence-electron chi connectivity index (χ4n) is 2.20. The maximum absolute atomic E-state index is 13.5. The maximum Gasteiger partial charge on any atom is 0.234 e. The number of hydrogen-bond donors (Lipinski definition) is 3. The van der Waals surface area contributed by atoms with E-state index >= 15 is 0 Å². The van der Waals surface area contributed by atoms with E-state index < -0.39 is 11.9 Å². The number of nitrogens with one attached hydrogen (secondary N) is 1. The predicted octanol–water partition coefficient (Wildman–Crippen LogP) is 1.73. The molecule has 0 saturated carbocycles. The van der Waals surface area contributed by atoms with Gasteiger partial charge in [-0.05, 0) is 30.2 Å². The molecule has 128 valence electrons. The van der Waals surface area contributed by atoms with Crippen molar-refractivity contribution < 1.29 is 19.0 Å². The molecule has 1 atom stereocenters. The van der Waals surface area contributed by atoms with Crippen LogP contribution < -0.4 is 15.8 Å². The summed E-state index contributed by atoms with van der Waals surface area (Å²) in [5.41, 5.74) is 6.69. The zero-order valence-electron chi connectivity index (χ0n) is 13.2. The second-order valence-electron chi connectivity index (χ2n) is 5.37. The Morgan fingerprint density at radius 1 is 1.21 bits per heavy atom. The van der Waals surface area contributed by atoms with Crippen molar-refractivity contribution in [1.29, 1.82) is 0 Å². The van der Waals surface area contributed by atoms with E-state index in [1.54, 1.807) is 30.3 Å². The van der Waals surface area contributed by atoms with Gasteiger partial charge in [0.25, 0.3) is 0 Å². The van der Waals surface area contributed by atoms with Crippen LogP contribution in [0.3, 0.4) is 0 Å². The van der Waals surface area contributed by atoms with Crippen molar-refractivity contribution in [2.24, 2.45) is 5.73 Å². The van der Waals surface area contributed by atoms with E-state index in [0.29, 0.717) is 17.9 Å².